The van der Waals surface area contributed by atoms with E-state index in [0.717, 1.165) is 25.3 Å². The molecular weight excluding hydrogens is 322 g/mol. The maximum atomic E-state index is 4.30. The molecular formula is C21H21N5. The maximum Gasteiger partial charge on any atom is 0.0662 e. The average molecular weight is 343 g/mol. The Kier molecular flexibility index (Phi) is 4.89. The Morgan fingerprint density at radius 2 is 1.50 bits per heavy atom. The molecule has 26 heavy (non-hydrogen) atoms. The van der Waals surface area contributed by atoms with E-state index in [-0.39, 0.29) is 0 Å². The standard InChI is InChI=1S/C21H21N5/c1-2-6-20(17-25-13-3-11-23-25)19(5-1)16-22-15-18-7-9-21(10-8-18)26-14-4-12-24-26/h1-14,22H,15-17H2. The highest BCUT2D eigenvalue weighted by Gasteiger charge is 2.03. The SMILES string of the molecule is c1ccc(Cn2cccn2)c(CNCc2ccc(-n3cccn3)cc2)c1. The van der Waals surface area contributed by atoms with Crippen molar-refractivity contribution in [3.05, 3.63) is 102 Å². The molecule has 0 fully saturated rings. The van der Waals surface area contributed by atoms with Crippen molar-refractivity contribution >= 4 is 0 Å². The largest absolute Gasteiger partial charge is 0.309 e. The number of benzene rings is 2. The number of rotatable bonds is 7. The molecule has 0 aliphatic rings. The van der Waals surface area contributed by atoms with Gasteiger partial charge in [-0.1, -0.05) is 36.4 Å². The summed E-state index contributed by atoms with van der Waals surface area (Å²) in [6.45, 7) is 2.46. The van der Waals surface area contributed by atoms with Crippen molar-refractivity contribution in [2.75, 3.05) is 0 Å². The highest BCUT2D eigenvalue weighted by Crippen LogP contribution is 2.12. The van der Waals surface area contributed by atoms with Crippen LogP contribution in [0.15, 0.2) is 85.5 Å². The number of aromatic nitrogens is 4. The summed E-state index contributed by atoms with van der Waals surface area (Å²) in [5, 5.41) is 12.1. The topological polar surface area (TPSA) is 47.7 Å². The van der Waals surface area contributed by atoms with E-state index in [1.54, 1.807) is 6.20 Å². The third-order valence-electron chi connectivity index (χ3n) is 4.36. The van der Waals surface area contributed by atoms with Gasteiger partial charge in [0.2, 0.25) is 0 Å². The van der Waals surface area contributed by atoms with Crippen LogP contribution in [0.4, 0.5) is 0 Å². The van der Waals surface area contributed by atoms with Crippen LogP contribution >= 0.6 is 0 Å². The number of nitrogens with zero attached hydrogens (tertiary/aromatic N) is 4. The molecule has 0 radical (unpaired) electrons. The summed E-state index contributed by atoms with van der Waals surface area (Å²) in [5.41, 5.74) is 4.92. The van der Waals surface area contributed by atoms with E-state index in [0.29, 0.717) is 0 Å². The van der Waals surface area contributed by atoms with Crippen LogP contribution in [0.1, 0.15) is 16.7 Å². The molecule has 5 heteroatoms. The van der Waals surface area contributed by atoms with Gasteiger partial charge in [0, 0.05) is 37.9 Å². The van der Waals surface area contributed by atoms with E-state index in [2.05, 4.69) is 64.0 Å². The minimum Gasteiger partial charge on any atom is -0.309 e. The highest BCUT2D eigenvalue weighted by molar-refractivity contribution is 5.34. The molecule has 0 aliphatic heterocycles. The number of hydrogen-bond acceptors (Lipinski definition) is 3. The zero-order valence-corrected chi connectivity index (χ0v) is 14.5. The van der Waals surface area contributed by atoms with Crippen LogP contribution in [0.25, 0.3) is 5.69 Å². The van der Waals surface area contributed by atoms with Crippen molar-refractivity contribution < 1.29 is 0 Å². The van der Waals surface area contributed by atoms with Crippen molar-refractivity contribution in [1.29, 1.82) is 0 Å². The average Bonchev–Trinajstić information content (AvgIpc) is 3.38. The molecule has 5 nitrogen and oxygen atoms in total. The molecule has 0 unspecified atom stereocenters. The van der Waals surface area contributed by atoms with Gasteiger partial charge < -0.3 is 5.32 Å². The van der Waals surface area contributed by atoms with Gasteiger partial charge in [0.25, 0.3) is 0 Å². The molecule has 0 bridgehead atoms. The van der Waals surface area contributed by atoms with E-state index in [1.807, 2.05) is 40.1 Å². The fraction of sp³-hybridized carbons (Fsp3) is 0.143. The molecule has 4 aromatic rings. The third-order valence-corrected chi connectivity index (χ3v) is 4.36. The summed E-state index contributed by atoms with van der Waals surface area (Å²) in [4.78, 5) is 0. The van der Waals surface area contributed by atoms with Gasteiger partial charge in [-0.3, -0.25) is 4.68 Å². The van der Waals surface area contributed by atoms with Crippen LogP contribution < -0.4 is 5.32 Å². The van der Waals surface area contributed by atoms with Gasteiger partial charge >= 0.3 is 0 Å². The third kappa shape index (κ3) is 3.90. The molecule has 0 atom stereocenters. The second-order valence-corrected chi connectivity index (χ2v) is 6.19. The van der Waals surface area contributed by atoms with Crippen molar-refractivity contribution in [1.82, 2.24) is 24.9 Å². The first kappa shape index (κ1) is 16.3. The zero-order valence-electron chi connectivity index (χ0n) is 14.5. The minimum absolute atomic E-state index is 0.795. The van der Waals surface area contributed by atoms with E-state index in [4.69, 9.17) is 0 Å². The summed E-state index contributed by atoms with van der Waals surface area (Å²) >= 11 is 0. The van der Waals surface area contributed by atoms with Gasteiger partial charge in [0.15, 0.2) is 0 Å². The lowest BCUT2D eigenvalue weighted by Crippen LogP contribution is -2.15. The Bertz CT molecular complexity index is 925. The summed E-state index contributed by atoms with van der Waals surface area (Å²) < 4.78 is 3.82. The quantitative estimate of drug-likeness (QED) is 0.559. The monoisotopic (exact) mass is 343 g/mol. The van der Waals surface area contributed by atoms with Crippen LogP contribution in [0.5, 0.6) is 0 Å². The minimum atomic E-state index is 0.795. The van der Waals surface area contributed by atoms with Gasteiger partial charge in [-0.15, -0.1) is 0 Å². The van der Waals surface area contributed by atoms with E-state index in [1.165, 1.54) is 16.7 Å². The summed E-state index contributed by atoms with van der Waals surface area (Å²) in [6, 6.07) is 20.8. The molecule has 0 saturated carbocycles. The van der Waals surface area contributed by atoms with Gasteiger partial charge in [-0.25, -0.2) is 4.68 Å². The highest BCUT2D eigenvalue weighted by atomic mass is 15.3. The predicted molar refractivity (Wildman–Crippen MR) is 102 cm³/mol. The van der Waals surface area contributed by atoms with Crippen LogP contribution in [-0.4, -0.2) is 19.6 Å². The summed E-state index contributed by atoms with van der Waals surface area (Å²) in [5.74, 6) is 0. The Hall–Kier alpha value is -3.18. The molecule has 0 aliphatic carbocycles. The summed E-state index contributed by atoms with van der Waals surface area (Å²) in [6.07, 6.45) is 7.54. The fourth-order valence-electron chi connectivity index (χ4n) is 2.98. The van der Waals surface area contributed by atoms with Gasteiger partial charge in [-0.05, 0) is 41.0 Å². The molecule has 2 heterocycles. The molecule has 2 aromatic carbocycles. The van der Waals surface area contributed by atoms with Crippen LogP contribution in [0, 0.1) is 0 Å². The lowest BCUT2D eigenvalue weighted by Gasteiger charge is -2.11. The smallest absolute Gasteiger partial charge is 0.0662 e. The molecule has 0 saturated heterocycles. The van der Waals surface area contributed by atoms with Crippen molar-refractivity contribution in [3.63, 3.8) is 0 Å². The molecule has 4 rings (SSSR count). The van der Waals surface area contributed by atoms with Crippen LogP contribution in [0.3, 0.4) is 0 Å². The first-order valence-electron chi connectivity index (χ1n) is 8.72. The molecule has 1 N–H and O–H groups in total. The zero-order chi connectivity index (χ0) is 17.6. The van der Waals surface area contributed by atoms with Crippen LogP contribution in [-0.2, 0) is 19.6 Å². The first-order chi connectivity index (χ1) is 12.9. The first-order valence-corrected chi connectivity index (χ1v) is 8.72. The Balaban J connectivity index is 1.36. The number of nitrogens with one attached hydrogen (secondary N) is 1. The van der Waals surface area contributed by atoms with E-state index in [9.17, 15) is 0 Å². The van der Waals surface area contributed by atoms with E-state index >= 15 is 0 Å². The second-order valence-electron chi connectivity index (χ2n) is 6.19. The Morgan fingerprint density at radius 1 is 0.731 bits per heavy atom. The van der Waals surface area contributed by atoms with Crippen molar-refractivity contribution in [2.45, 2.75) is 19.6 Å². The molecule has 0 amide bonds. The summed E-state index contributed by atoms with van der Waals surface area (Å²) in [7, 11) is 0. The van der Waals surface area contributed by atoms with Crippen molar-refractivity contribution in [3.8, 4) is 5.69 Å². The second kappa shape index (κ2) is 7.80. The van der Waals surface area contributed by atoms with Gasteiger partial charge in [0.1, 0.15) is 0 Å². The van der Waals surface area contributed by atoms with Crippen LogP contribution in [0.2, 0.25) is 0 Å². The lowest BCUT2D eigenvalue weighted by atomic mass is 10.1. The normalized spacial score (nSPS) is 10.9. The van der Waals surface area contributed by atoms with Crippen molar-refractivity contribution in [2.24, 2.45) is 0 Å². The predicted octanol–water partition coefficient (Wildman–Crippen LogP) is 3.41. The molecule has 2 aromatic heterocycles. The maximum absolute atomic E-state index is 4.30. The number of hydrogen-bond donors (Lipinski definition) is 1. The van der Waals surface area contributed by atoms with Gasteiger partial charge in [0.05, 0.1) is 12.2 Å². The van der Waals surface area contributed by atoms with Gasteiger partial charge in [-0.2, -0.15) is 10.2 Å². The fourth-order valence-corrected chi connectivity index (χ4v) is 2.98. The molecule has 130 valence electrons. The van der Waals surface area contributed by atoms with E-state index < -0.39 is 0 Å². The Labute approximate surface area is 152 Å². The lowest BCUT2D eigenvalue weighted by molar-refractivity contribution is 0.656. The Morgan fingerprint density at radius 3 is 2.23 bits per heavy atom. The molecule has 0 spiro atoms.